The van der Waals surface area contributed by atoms with Crippen LogP contribution < -0.4 is 10.2 Å². The fraction of sp³-hybridized carbons (Fsp3) is 0.765. The third kappa shape index (κ3) is 4.95. The molecule has 4 heteroatoms. The molecule has 0 spiro atoms. The second-order valence-electron chi connectivity index (χ2n) is 6.53. The number of nitrogens with one attached hydrogen (secondary N) is 1. The molecule has 0 atom stereocenters. The summed E-state index contributed by atoms with van der Waals surface area (Å²) >= 11 is 0. The SMILES string of the molecule is CCCNCc1cncc(N(CC(C)C)C2CCCC2)n1. The first kappa shape index (κ1) is 16.2. The zero-order valence-electron chi connectivity index (χ0n) is 13.8. The second-order valence-corrected chi connectivity index (χ2v) is 6.53. The molecule has 1 saturated carbocycles. The highest BCUT2D eigenvalue weighted by Gasteiger charge is 2.24. The molecule has 1 N–H and O–H groups in total. The Morgan fingerprint density at radius 2 is 2.05 bits per heavy atom. The molecule has 0 saturated heterocycles. The second kappa shape index (κ2) is 8.32. The van der Waals surface area contributed by atoms with Crippen molar-refractivity contribution in [3.05, 3.63) is 18.1 Å². The molecule has 0 unspecified atom stereocenters. The maximum absolute atomic E-state index is 4.84. The van der Waals surface area contributed by atoms with Gasteiger partial charge in [-0.3, -0.25) is 4.98 Å². The van der Waals surface area contributed by atoms with Crippen molar-refractivity contribution in [2.75, 3.05) is 18.0 Å². The van der Waals surface area contributed by atoms with Gasteiger partial charge in [0.05, 0.1) is 11.9 Å². The lowest BCUT2D eigenvalue weighted by Gasteiger charge is -2.31. The highest BCUT2D eigenvalue weighted by atomic mass is 15.2. The Labute approximate surface area is 129 Å². The lowest BCUT2D eigenvalue weighted by Crippen LogP contribution is -2.37. The van der Waals surface area contributed by atoms with E-state index in [1.165, 1.54) is 25.7 Å². The van der Waals surface area contributed by atoms with Crippen LogP contribution in [0, 0.1) is 5.92 Å². The van der Waals surface area contributed by atoms with Gasteiger partial charge in [0.25, 0.3) is 0 Å². The summed E-state index contributed by atoms with van der Waals surface area (Å²) in [6, 6.07) is 0.653. The van der Waals surface area contributed by atoms with Crippen molar-refractivity contribution in [3.8, 4) is 0 Å². The molecule has 1 heterocycles. The van der Waals surface area contributed by atoms with E-state index in [0.717, 1.165) is 37.6 Å². The zero-order valence-corrected chi connectivity index (χ0v) is 13.8. The predicted molar refractivity (Wildman–Crippen MR) is 88.5 cm³/mol. The van der Waals surface area contributed by atoms with Crippen LogP contribution in [0.4, 0.5) is 5.82 Å². The van der Waals surface area contributed by atoms with E-state index >= 15 is 0 Å². The van der Waals surface area contributed by atoms with E-state index in [4.69, 9.17) is 4.98 Å². The summed E-state index contributed by atoms with van der Waals surface area (Å²) in [4.78, 5) is 11.8. The van der Waals surface area contributed by atoms with Crippen LogP contribution in [0.15, 0.2) is 12.4 Å². The van der Waals surface area contributed by atoms with Crippen molar-refractivity contribution < 1.29 is 0 Å². The highest BCUT2D eigenvalue weighted by Crippen LogP contribution is 2.27. The maximum Gasteiger partial charge on any atom is 0.147 e. The molecule has 0 aromatic carbocycles. The van der Waals surface area contributed by atoms with Crippen LogP contribution in [0.3, 0.4) is 0 Å². The first-order chi connectivity index (χ1) is 10.2. The quantitative estimate of drug-likeness (QED) is 0.745. The average molecular weight is 290 g/mol. The number of aromatic nitrogens is 2. The molecular formula is C17H30N4. The molecule has 118 valence electrons. The molecular weight excluding hydrogens is 260 g/mol. The molecule has 0 aliphatic heterocycles. The van der Waals surface area contributed by atoms with E-state index in [1.54, 1.807) is 0 Å². The van der Waals surface area contributed by atoms with Crippen LogP contribution in [0.25, 0.3) is 0 Å². The van der Waals surface area contributed by atoms with Crippen LogP contribution in [-0.4, -0.2) is 29.1 Å². The van der Waals surface area contributed by atoms with Gasteiger partial charge in [0.1, 0.15) is 5.82 Å². The molecule has 1 fully saturated rings. The molecule has 1 aliphatic carbocycles. The van der Waals surface area contributed by atoms with Crippen molar-refractivity contribution in [3.63, 3.8) is 0 Å². The Hall–Kier alpha value is -1.16. The summed E-state index contributed by atoms with van der Waals surface area (Å²) in [5.41, 5.74) is 1.05. The van der Waals surface area contributed by atoms with Crippen LogP contribution in [0.1, 0.15) is 58.6 Å². The summed E-state index contributed by atoms with van der Waals surface area (Å²) in [7, 11) is 0. The van der Waals surface area contributed by atoms with Gasteiger partial charge >= 0.3 is 0 Å². The largest absolute Gasteiger partial charge is 0.352 e. The van der Waals surface area contributed by atoms with Gasteiger partial charge in [-0.25, -0.2) is 4.98 Å². The van der Waals surface area contributed by atoms with Gasteiger partial charge in [-0.2, -0.15) is 0 Å². The summed E-state index contributed by atoms with van der Waals surface area (Å²) < 4.78 is 0. The minimum Gasteiger partial charge on any atom is -0.352 e. The van der Waals surface area contributed by atoms with Gasteiger partial charge in [0, 0.05) is 25.3 Å². The minimum atomic E-state index is 0.647. The van der Waals surface area contributed by atoms with Crippen molar-refractivity contribution >= 4 is 5.82 Å². The first-order valence-corrected chi connectivity index (χ1v) is 8.49. The van der Waals surface area contributed by atoms with Gasteiger partial charge in [0.2, 0.25) is 0 Å². The smallest absolute Gasteiger partial charge is 0.147 e. The highest BCUT2D eigenvalue weighted by molar-refractivity contribution is 5.38. The molecule has 0 radical (unpaired) electrons. The Bertz CT molecular complexity index is 413. The third-order valence-corrected chi connectivity index (χ3v) is 4.03. The number of nitrogens with zero attached hydrogens (tertiary/aromatic N) is 3. The third-order valence-electron chi connectivity index (χ3n) is 4.03. The standard InChI is InChI=1S/C17H30N4/c1-4-9-18-10-15-11-19-12-17(20-15)21(13-14(2)3)16-7-5-6-8-16/h11-12,14,16,18H,4-10,13H2,1-3H3. The Balaban J connectivity index is 2.08. The van der Waals surface area contributed by atoms with E-state index in [1.807, 2.05) is 12.4 Å². The van der Waals surface area contributed by atoms with Gasteiger partial charge < -0.3 is 10.2 Å². The van der Waals surface area contributed by atoms with Gasteiger partial charge in [-0.15, -0.1) is 0 Å². The molecule has 0 bridgehead atoms. The van der Waals surface area contributed by atoms with Crippen LogP contribution in [0.2, 0.25) is 0 Å². The predicted octanol–water partition coefficient (Wildman–Crippen LogP) is 3.38. The molecule has 4 nitrogen and oxygen atoms in total. The first-order valence-electron chi connectivity index (χ1n) is 8.49. The van der Waals surface area contributed by atoms with Crippen molar-refractivity contribution in [2.24, 2.45) is 5.92 Å². The number of rotatable bonds is 8. The van der Waals surface area contributed by atoms with Gasteiger partial charge in [-0.1, -0.05) is 33.6 Å². The van der Waals surface area contributed by atoms with Crippen molar-refractivity contribution in [2.45, 2.75) is 65.5 Å². The van der Waals surface area contributed by atoms with E-state index < -0.39 is 0 Å². The van der Waals surface area contributed by atoms with E-state index in [0.29, 0.717) is 12.0 Å². The Kier molecular flexibility index (Phi) is 6.43. The molecule has 1 aromatic heterocycles. The van der Waals surface area contributed by atoms with Crippen molar-refractivity contribution in [1.82, 2.24) is 15.3 Å². The minimum absolute atomic E-state index is 0.647. The van der Waals surface area contributed by atoms with Gasteiger partial charge in [-0.05, 0) is 31.7 Å². The molecule has 21 heavy (non-hydrogen) atoms. The van der Waals surface area contributed by atoms with Crippen LogP contribution >= 0.6 is 0 Å². The van der Waals surface area contributed by atoms with E-state index in [2.05, 4.69) is 36.0 Å². The normalized spacial score (nSPS) is 15.8. The molecule has 2 rings (SSSR count). The summed E-state index contributed by atoms with van der Waals surface area (Å²) in [5, 5.41) is 3.41. The van der Waals surface area contributed by atoms with Gasteiger partial charge in [0.15, 0.2) is 0 Å². The summed E-state index contributed by atoms with van der Waals surface area (Å²) in [6.45, 7) is 9.66. The number of hydrogen-bond donors (Lipinski definition) is 1. The van der Waals surface area contributed by atoms with Crippen LogP contribution in [-0.2, 0) is 6.54 Å². The number of anilines is 1. The molecule has 1 aliphatic rings. The molecule has 1 aromatic rings. The van der Waals surface area contributed by atoms with Crippen LogP contribution in [0.5, 0.6) is 0 Å². The Morgan fingerprint density at radius 3 is 2.71 bits per heavy atom. The van der Waals surface area contributed by atoms with Crippen molar-refractivity contribution in [1.29, 1.82) is 0 Å². The average Bonchev–Trinajstić information content (AvgIpc) is 2.99. The molecule has 0 amide bonds. The summed E-state index contributed by atoms with van der Waals surface area (Å²) in [6.07, 6.45) is 10.3. The Morgan fingerprint density at radius 1 is 1.29 bits per heavy atom. The monoisotopic (exact) mass is 290 g/mol. The number of hydrogen-bond acceptors (Lipinski definition) is 4. The topological polar surface area (TPSA) is 41.1 Å². The fourth-order valence-corrected chi connectivity index (χ4v) is 3.05. The zero-order chi connectivity index (χ0) is 15.1. The maximum atomic E-state index is 4.84. The van der Waals surface area contributed by atoms with E-state index in [-0.39, 0.29) is 0 Å². The summed E-state index contributed by atoms with van der Waals surface area (Å²) in [5.74, 6) is 1.71. The fourth-order valence-electron chi connectivity index (χ4n) is 3.05. The lowest BCUT2D eigenvalue weighted by atomic mass is 10.1. The lowest BCUT2D eigenvalue weighted by molar-refractivity contribution is 0.529. The van der Waals surface area contributed by atoms with E-state index in [9.17, 15) is 0 Å².